The Labute approximate surface area is 111 Å². The number of ether oxygens (including phenoxy) is 1. The number of rotatable bonds is 5. The molecule has 0 spiro atoms. The van der Waals surface area contributed by atoms with Crippen molar-refractivity contribution in [2.75, 3.05) is 7.11 Å². The molecule has 0 saturated carbocycles. The second-order valence-electron chi connectivity index (χ2n) is 4.12. The predicted octanol–water partition coefficient (Wildman–Crippen LogP) is 2.74. The fourth-order valence-electron chi connectivity index (χ4n) is 1.79. The molecule has 3 nitrogen and oxygen atoms in total. The summed E-state index contributed by atoms with van der Waals surface area (Å²) in [4.78, 5) is 5.44. The highest BCUT2D eigenvalue weighted by molar-refractivity contribution is 7.11. The summed E-state index contributed by atoms with van der Waals surface area (Å²) in [5.41, 5.74) is 2.22. The highest BCUT2D eigenvalue weighted by atomic mass is 32.1. The van der Waals surface area contributed by atoms with Crippen molar-refractivity contribution in [2.24, 2.45) is 0 Å². The number of hydrogen-bond donors (Lipinski definition) is 1. The maximum Gasteiger partial charge on any atom is 0.118 e. The van der Waals surface area contributed by atoms with Crippen molar-refractivity contribution >= 4 is 11.3 Å². The highest BCUT2D eigenvalue weighted by Crippen LogP contribution is 2.20. The third-order valence-electron chi connectivity index (χ3n) is 2.87. The second kappa shape index (κ2) is 5.98. The SMILES string of the molecule is COc1ccc(CCc2nc(C)c(CO)s2)cc1. The first-order valence-corrected chi connectivity index (χ1v) is 6.73. The molecular formula is C14H17NO2S. The van der Waals surface area contributed by atoms with Gasteiger partial charge in [0.25, 0.3) is 0 Å². The zero-order valence-electron chi connectivity index (χ0n) is 10.6. The average molecular weight is 263 g/mol. The van der Waals surface area contributed by atoms with Crippen molar-refractivity contribution in [1.29, 1.82) is 0 Å². The van der Waals surface area contributed by atoms with Gasteiger partial charge in [-0.05, 0) is 31.0 Å². The lowest BCUT2D eigenvalue weighted by Gasteiger charge is -2.02. The number of aliphatic hydroxyl groups is 1. The largest absolute Gasteiger partial charge is 0.497 e. The highest BCUT2D eigenvalue weighted by Gasteiger charge is 2.06. The van der Waals surface area contributed by atoms with Gasteiger partial charge in [-0.25, -0.2) is 4.98 Å². The smallest absolute Gasteiger partial charge is 0.118 e. The minimum Gasteiger partial charge on any atom is -0.497 e. The molecule has 0 unspecified atom stereocenters. The lowest BCUT2D eigenvalue weighted by atomic mass is 10.1. The van der Waals surface area contributed by atoms with Crippen LogP contribution >= 0.6 is 11.3 Å². The van der Waals surface area contributed by atoms with E-state index in [0.29, 0.717) is 0 Å². The van der Waals surface area contributed by atoms with Crippen LogP contribution in [0.5, 0.6) is 5.75 Å². The molecule has 0 atom stereocenters. The number of aryl methyl sites for hydroxylation is 3. The first-order valence-electron chi connectivity index (χ1n) is 5.92. The second-order valence-corrected chi connectivity index (χ2v) is 5.29. The maximum atomic E-state index is 9.13. The third kappa shape index (κ3) is 3.09. The monoisotopic (exact) mass is 263 g/mol. The fraction of sp³-hybridized carbons (Fsp3) is 0.357. The van der Waals surface area contributed by atoms with Crippen LogP contribution in [0.25, 0.3) is 0 Å². The van der Waals surface area contributed by atoms with E-state index in [0.717, 1.165) is 34.2 Å². The molecule has 1 N–H and O–H groups in total. The summed E-state index contributed by atoms with van der Waals surface area (Å²) >= 11 is 1.60. The molecule has 2 rings (SSSR count). The number of aromatic nitrogens is 1. The predicted molar refractivity (Wildman–Crippen MR) is 73.2 cm³/mol. The number of hydrogen-bond acceptors (Lipinski definition) is 4. The molecule has 2 aromatic rings. The van der Waals surface area contributed by atoms with Crippen molar-refractivity contribution in [2.45, 2.75) is 26.4 Å². The summed E-state index contributed by atoms with van der Waals surface area (Å²) < 4.78 is 5.13. The zero-order chi connectivity index (χ0) is 13.0. The topological polar surface area (TPSA) is 42.4 Å². The van der Waals surface area contributed by atoms with Gasteiger partial charge >= 0.3 is 0 Å². The molecule has 0 bridgehead atoms. The number of benzene rings is 1. The number of methoxy groups -OCH3 is 1. The third-order valence-corrected chi connectivity index (χ3v) is 4.07. The summed E-state index contributed by atoms with van der Waals surface area (Å²) in [5.74, 6) is 0.881. The molecule has 1 aromatic heterocycles. The van der Waals surface area contributed by atoms with Crippen LogP contribution in [-0.4, -0.2) is 17.2 Å². The molecule has 0 amide bonds. The molecule has 96 valence electrons. The van der Waals surface area contributed by atoms with Gasteiger partial charge < -0.3 is 9.84 Å². The summed E-state index contributed by atoms with van der Waals surface area (Å²) in [6.07, 6.45) is 1.87. The van der Waals surface area contributed by atoms with E-state index in [1.54, 1.807) is 18.4 Å². The van der Waals surface area contributed by atoms with Gasteiger partial charge in [-0.3, -0.25) is 0 Å². The summed E-state index contributed by atoms with van der Waals surface area (Å²) in [5, 5.41) is 10.2. The van der Waals surface area contributed by atoms with E-state index in [1.807, 2.05) is 19.1 Å². The number of aliphatic hydroxyl groups excluding tert-OH is 1. The molecule has 0 saturated heterocycles. The van der Waals surface area contributed by atoms with Crippen molar-refractivity contribution in [1.82, 2.24) is 4.98 Å². The molecule has 0 aliphatic heterocycles. The van der Waals surface area contributed by atoms with E-state index < -0.39 is 0 Å². The Balaban J connectivity index is 1.97. The Morgan fingerprint density at radius 3 is 2.50 bits per heavy atom. The van der Waals surface area contributed by atoms with Crippen LogP contribution in [0.1, 0.15) is 21.1 Å². The Morgan fingerprint density at radius 2 is 1.94 bits per heavy atom. The molecule has 0 aliphatic carbocycles. The summed E-state index contributed by atoms with van der Waals surface area (Å²) in [6, 6.07) is 8.10. The Hall–Kier alpha value is -1.39. The molecule has 18 heavy (non-hydrogen) atoms. The Bertz CT molecular complexity index is 505. The van der Waals surface area contributed by atoms with Gasteiger partial charge in [-0.1, -0.05) is 12.1 Å². The minimum atomic E-state index is 0.0893. The van der Waals surface area contributed by atoms with E-state index in [-0.39, 0.29) is 6.61 Å². The van der Waals surface area contributed by atoms with Crippen molar-refractivity contribution in [3.8, 4) is 5.75 Å². The van der Waals surface area contributed by atoms with Crippen LogP contribution in [-0.2, 0) is 19.4 Å². The van der Waals surface area contributed by atoms with Gasteiger partial charge in [0.1, 0.15) is 5.75 Å². The van der Waals surface area contributed by atoms with Crippen molar-refractivity contribution < 1.29 is 9.84 Å². The molecule has 4 heteroatoms. The first kappa shape index (κ1) is 13.1. The lowest BCUT2D eigenvalue weighted by Crippen LogP contribution is -1.91. The fourth-order valence-corrected chi connectivity index (χ4v) is 2.71. The van der Waals surface area contributed by atoms with E-state index in [2.05, 4.69) is 17.1 Å². The quantitative estimate of drug-likeness (QED) is 0.902. The molecular weight excluding hydrogens is 246 g/mol. The van der Waals surface area contributed by atoms with E-state index in [4.69, 9.17) is 9.84 Å². The number of nitrogens with zero attached hydrogens (tertiary/aromatic N) is 1. The zero-order valence-corrected chi connectivity index (χ0v) is 11.5. The summed E-state index contributed by atoms with van der Waals surface area (Å²) in [6.45, 7) is 2.03. The minimum absolute atomic E-state index is 0.0893. The molecule has 1 aromatic carbocycles. The van der Waals surface area contributed by atoms with Gasteiger partial charge in [0.15, 0.2) is 0 Å². The van der Waals surface area contributed by atoms with Gasteiger partial charge in [-0.15, -0.1) is 11.3 Å². The molecule has 1 heterocycles. The van der Waals surface area contributed by atoms with E-state index in [1.165, 1.54) is 5.56 Å². The van der Waals surface area contributed by atoms with Crippen molar-refractivity contribution in [3.63, 3.8) is 0 Å². The molecule has 0 fully saturated rings. The Kier molecular flexibility index (Phi) is 4.33. The van der Waals surface area contributed by atoms with Gasteiger partial charge in [0.05, 0.1) is 29.3 Å². The molecule has 0 radical (unpaired) electrons. The van der Waals surface area contributed by atoms with Crippen molar-refractivity contribution in [3.05, 3.63) is 45.4 Å². The van der Waals surface area contributed by atoms with Crippen LogP contribution in [0.15, 0.2) is 24.3 Å². The maximum absolute atomic E-state index is 9.13. The van der Waals surface area contributed by atoms with E-state index in [9.17, 15) is 0 Å². The first-order chi connectivity index (χ1) is 8.72. The van der Waals surface area contributed by atoms with Crippen LogP contribution in [0.3, 0.4) is 0 Å². The summed E-state index contributed by atoms with van der Waals surface area (Å²) in [7, 11) is 1.67. The number of thiazole rings is 1. The van der Waals surface area contributed by atoms with E-state index >= 15 is 0 Å². The lowest BCUT2D eigenvalue weighted by molar-refractivity contribution is 0.284. The Morgan fingerprint density at radius 1 is 1.22 bits per heavy atom. The van der Waals surface area contributed by atoms with Crippen LogP contribution in [0.4, 0.5) is 0 Å². The average Bonchev–Trinajstić information content (AvgIpc) is 2.77. The van der Waals surface area contributed by atoms with Gasteiger partial charge in [0, 0.05) is 6.42 Å². The molecule has 0 aliphatic rings. The van der Waals surface area contributed by atoms with Crippen LogP contribution < -0.4 is 4.74 Å². The standard InChI is InChI=1S/C14H17NO2S/c1-10-13(9-16)18-14(15-10)8-5-11-3-6-12(17-2)7-4-11/h3-4,6-7,16H,5,8-9H2,1-2H3. The van der Waals surface area contributed by atoms with Crippen LogP contribution in [0, 0.1) is 6.92 Å². The van der Waals surface area contributed by atoms with Gasteiger partial charge in [0.2, 0.25) is 0 Å². The normalized spacial score (nSPS) is 10.6. The van der Waals surface area contributed by atoms with Crippen LogP contribution in [0.2, 0.25) is 0 Å². The van der Waals surface area contributed by atoms with Gasteiger partial charge in [-0.2, -0.15) is 0 Å².